The molecule has 108 valence electrons. The summed E-state index contributed by atoms with van der Waals surface area (Å²) in [5, 5.41) is 12.3. The van der Waals surface area contributed by atoms with E-state index in [9.17, 15) is 0 Å². The van der Waals surface area contributed by atoms with Crippen LogP contribution in [0.25, 0.3) is 11.3 Å². The van der Waals surface area contributed by atoms with Gasteiger partial charge < -0.3 is 10.3 Å². The van der Waals surface area contributed by atoms with Crippen LogP contribution in [-0.2, 0) is 13.0 Å². The van der Waals surface area contributed by atoms with Crippen LogP contribution in [0.4, 0.5) is 0 Å². The lowest BCUT2D eigenvalue weighted by Crippen LogP contribution is -2.01. The zero-order chi connectivity index (χ0) is 14.5. The number of nitrogens with two attached hydrogens (primary N) is 1. The van der Waals surface area contributed by atoms with E-state index in [2.05, 4.69) is 15.5 Å². The molecule has 0 amide bonds. The van der Waals surface area contributed by atoms with Crippen LogP contribution in [0, 0.1) is 0 Å². The van der Waals surface area contributed by atoms with Gasteiger partial charge in [-0.25, -0.2) is 4.68 Å². The van der Waals surface area contributed by atoms with Crippen molar-refractivity contribution in [2.45, 2.75) is 19.4 Å². The molecule has 0 aliphatic carbocycles. The van der Waals surface area contributed by atoms with Crippen molar-refractivity contribution in [3.8, 4) is 11.3 Å². The summed E-state index contributed by atoms with van der Waals surface area (Å²) in [7, 11) is 0. The monoisotopic (exact) mass is 283 g/mol. The maximum atomic E-state index is 5.49. The lowest BCUT2D eigenvalue weighted by atomic mass is 10.2. The Hall–Kier alpha value is -2.47. The van der Waals surface area contributed by atoms with Crippen molar-refractivity contribution in [3.63, 3.8) is 0 Å². The Balaban J connectivity index is 1.68. The molecule has 3 aromatic rings. The number of rotatable bonds is 6. The van der Waals surface area contributed by atoms with E-state index in [1.165, 1.54) is 0 Å². The van der Waals surface area contributed by atoms with Crippen LogP contribution in [0.3, 0.4) is 0 Å². The molecule has 0 aliphatic rings. The average Bonchev–Trinajstić information content (AvgIpc) is 3.16. The molecule has 0 unspecified atom stereocenters. The summed E-state index contributed by atoms with van der Waals surface area (Å²) in [5.41, 5.74) is 8.27. The van der Waals surface area contributed by atoms with Crippen molar-refractivity contribution < 1.29 is 4.52 Å². The third-order valence-corrected chi connectivity index (χ3v) is 3.16. The molecule has 6 nitrogen and oxygen atoms in total. The molecule has 0 spiro atoms. The van der Waals surface area contributed by atoms with E-state index in [0.717, 1.165) is 35.6 Å². The Labute approximate surface area is 122 Å². The van der Waals surface area contributed by atoms with Crippen molar-refractivity contribution in [1.82, 2.24) is 20.2 Å². The number of aromatic nitrogens is 4. The number of hydrogen-bond donors (Lipinski definition) is 1. The van der Waals surface area contributed by atoms with Gasteiger partial charge in [0.1, 0.15) is 5.69 Å². The van der Waals surface area contributed by atoms with Gasteiger partial charge in [0.15, 0.2) is 5.76 Å². The van der Waals surface area contributed by atoms with Crippen LogP contribution in [0.5, 0.6) is 0 Å². The lowest BCUT2D eigenvalue weighted by molar-refractivity contribution is 0.419. The number of benzene rings is 1. The normalized spacial score (nSPS) is 10.9. The summed E-state index contributed by atoms with van der Waals surface area (Å²) in [6.07, 6.45) is 3.69. The molecule has 0 aliphatic heterocycles. The second kappa shape index (κ2) is 6.32. The summed E-state index contributed by atoms with van der Waals surface area (Å²) >= 11 is 0. The van der Waals surface area contributed by atoms with E-state index >= 15 is 0 Å². The molecule has 3 rings (SSSR count). The highest BCUT2D eigenvalue weighted by Gasteiger charge is 2.08. The molecule has 2 heterocycles. The first-order valence-electron chi connectivity index (χ1n) is 6.95. The minimum atomic E-state index is 0.548. The van der Waals surface area contributed by atoms with Crippen LogP contribution in [0.2, 0.25) is 0 Å². The number of aryl methyl sites for hydroxylation is 1. The smallest absolute Gasteiger partial charge is 0.167 e. The predicted octanol–water partition coefficient (Wildman–Crippen LogP) is 1.87. The maximum Gasteiger partial charge on any atom is 0.167 e. The van der Waals surface area contributed by atoms with Crippen LogP contribution in [-0.4, -0.2) is 26.7 Å². The molecule has 0 bridgehead atoms. The van der Waals surface area contributed by atoms with Crippen LogP contribution < -0.4 is 5.73 Å². The van der Waals surface area contributed by atoms with E-state index < -0.39 is 0 Å². The van der Waals surface area contributed by atoms with Crippen molar-refractivity contribution in [2.24, 2.45) is 5.73 Å². The molecule has 6 heteroatoms. The van der Waals surface area contributed by atoms with Gasteiger partial charge in [-0.3, -0.25) is 0 Å². The zero-order valence-electron chi connectivity index (χ0n) is 11.6. The molecular formula is C15H17N5O. The molecule has 2 aromatic heterocycles. The third-order valence-electron chi connectivity index (χ3n) is 3.16. The molecule has 2 N–H and O–H groups in total. The summed E-state index contributed by atoms with van der Waals surface area (Å²) in [4.78, 5) is 0. The second-order valence-electron chi connectivity index (χ2n) is 4.85. The van der Waals surface area contributed by atoms with Crippen molar-refractivity contribution in [3.05, 3.63) is 54.0 Å². The largest absolute Gasteiger partial charge is 0.356 e. The fourth-order valence-corrected chi connectivity index (χ4v) is 2.10. The molecule has 0 fully saturated rings. The molecule has 0 saturated heterocycles. The molecule has 0 atom stereocenters. The Morgan fingerprint density at radius 2 is 2.00 bits per heavy atom. The van der Waals surface area contributed by atoms with E-state index in [0.29, 0.717) is 13.1 Å². The Bertz CT molecular complexity index is 689. The number of hydrogen-bond acceptors (Lipinski definition) is 5. The van der Waals surface area contributed by atoms with Gasteiger partial charge in [-0.15, -0.1) is 5.10 Å². The minimum Gasteiger partial charge on any atom is -0.356 e. The van der Waals surface area contributed by atoms with E-state index in [4.69, 9.17) is 10.3 Å². The molecule has 0 saturated carbocycles. The summed E-state index contributed by atoms with van der Waals surface area (Å²) < 4.78 is 7.13. The summed E-state index contributed by atoms with van der Waals surface area (Å²) in [5.74, 6) is 0.758. The van der Waals surface area contributed by atoms with Crippen LogP contribution in [0.1, 0.15) is 17.8 Å². The van der Waals surface area contributed by atoms with Gasteiger partial charge >= 0.3 is 0 Å². The standard InChI is InChI=1S/C15H17N5O/c16-8-4-7-13-10-20(19-17-13)11-14-9-15(21-18-14)12-5-2-1-3-6-12/h1-3,5-6,9-10H,4,7-8,11,16H2. The van der Waals surface area contributed by atoms with Gasteiger partial charge in [-0.2, -0.15) is 0 Å². The van der Waals surface area contributed by atoms with Gasteiger partial charge in [0.25, 0.3) is 0 Å². The molecule has 1 aromatic carbocycles. The Kier molecular flexibility index (Phi) is 4.07. The van der Waals surface area contributed by atoms with E-state index in [-0.39, 0.29) is 0 Å². The summed E-state index contributed by atoms with van der Waals surface area (Å²) in [6.45, 7) is 1.21. The van der Waals surface area contributed by atoms with E-state index in [1.807, 2.05) is 42.6 Å². The third kappa shape index (κ3) is 3.35. The first-order chi connectivity index (χ1) is 10.3. The van der Waals surface area contributed by atoms with E-state index in [1.54, 1.807) is 4.68 Å². The fourth-order valence-electron chi connectivity index (χ4n) is 2.10. The van der Waals surface area contributed by atoms with Crippen molar-refractivity contribution in [1.29, 1.82) is 0 Å². The SMILES string of the molecule is NCCCc1cn(Cc2cc(-c3ccccc3)on2)nn1. The van der Waals surface area contributed by atoms with Gasteiger partial charge in [0, 0.05) is 17.8 Å². The Morgan fingerprint density at radius 1 is 1.14 bits per heavy atom. The highest BCUT2D eigenvalue weighted by atomic mass is 16.5. The topological polar surface area (TPSA) is 82.8 Å². The predicted molar refractivity (Wildman–Crippen MR) is 78.4 cm³/mol. The number of nitrogens with zero attached hydrogens (tertiary/aromatic N) is 4. The van der Waals surface area contributed by atoms with Gasteiger partial charge in [0.2, 0.25) is 0 Å². The van der Waals surface area contributed by atoms with Crippen LogP contribution in [0.15, 0.2) is 47.1 Å². The minimum absolute atomic E-state index is 0.548. The highest BCUT2D eigenvalue weighted by molar-refractivity contribution is 5.56. The summed E-state index contributed by atoms with van der Waals surface area (Å²) in [6, 6.07) is 11.8. The lowest BCUT2D eigenvalue weighted by Gasteiger charge is -1.94. The van der Waals surface area contributed by atoms with Gasteiger partial charge in [-0.05, 0) is 19.4 Å². The van der Waals surface area contributed by atoms with Crippen molar-refractivity contribution >= 4 is 0 Å². The fraction of sp³-hybridized carbons (Fsp3) is 0.267. The average molecular weight is 283 g/mol. The quantitative estimate of drug-likeness (QED) is 0.746. The van der Waals surface area contributed by atoms with Crippen LogP contribution >= 0.6 is 0 Å². The zero-order valence-corrected chi connectivity index (χ0v) is 11.6. The van der Waals surface area contributed by atoms with Gasteiger partial charge in [-0.1, -0.05) is 40.7 Å². The molecule has 21 heavy (non-hydrogen) atoms. The second-order valence-corrected chi connectivity index (χ2v) is 4.85. The van der Waals surface area contributed by atoms with Gasteiger partial charge in [0.05, 0.1) is 12.2 Å². The Morgan fingerprint density at radius 3 is 2.81 bits per heavy atom. The maximum absolute atomic E-state index is 5.49. The first-order valence-corrected chi connectivity index (χ1v) is 6.95. The highest BCUT2D eigenvalue weighted by Crippen LogP contribution is 2.19. The molecule has 0 radical (unpaired) electrons. The van der Waals surface area contributed by atoms with Crippen molar-refractivity contribution in [2.75, 3.05) is 6.54 Å². The first kappa shape index (κ1) is 13.5. The molecular weight excluding hydrogens is 266 g/mol.